The van der Waals surface area contributed by atoms with Gasteiger partial charge in [-0.3, -0.25) is 0 Å². The summed E-state index contributed by atoms with van der Waals surface area (Å²) in [5.74, 6) is 0. The first-order valence-corrected chi connectivity index (χ1v) is 9.31. The molecule has 0 aromatic heterocycles. The van der Waals surface area contributed by atoms with Crippen LogP contribution in [-0.2, 0) is 37.9 Å². The summed E-state index contributed by atoms with van der Waals surface area (Å²) in [7, 11) is 0. The maximum atomic E-state index is 9.85. The molecule has 1 N–H and O–H groups in total. The van der Waals surface area contributed by atoms with Crippen LogP contribution in [0.25, 0.3) is 0 Å². The molecule has 4 saturated heterocycles. The van der Waals surface area contributed by atoms with Gasteiger partial charge in [0.2, 0.25) is 0 Å². The average molecular weight is 376 g/mol. The van der Waals surface area contributed by atoms with Gasteiger partial charge < -0.3 is 43.0 Å². The second-order valence-corrected chi connectivity index (χ2v) is 7.08. The van der Waals surface area contributed by atoms with Crippen molar-refractivity contribution in [1.29, 1.82) is 0 Å². The summed E-state index contributed by atoms with van der Waals surface area (Å²) in [6, 6.07) is 0. The molecule has 9 nitrogen and oxygen atoms in total. The van der Waals surface area contributed by atoms with Crippen LogP contribution < -0.4 is 0 Å². The van der Waals surface area contributed by atoms with E-state index in [-0.39, 0.29) is 37.1 Å². The van der Waals surface area contributed by atoms with Crippen molar-refractivity contribution in [3.8, 4) is 0 Å². The molecule has 4 unspecified atom stereocenters. The lowest BCUT2D eigenvalue weighted by atomic mass is 10.1. The molecule has 4 aliphatic rings. The summed E-state index contributed by atoms with van der Waals surface area (Å²) in [6.07, 6.45) is -0.848. The van der Waals surface area contributed by atoms with Gasteiger partial charge >= 0.3 is 0 Å². The van der Waals surface area contributed by atoms with E-state index in [4.69, 9.17) is 37.9 Å². The zero-order chi connectivity index (χ0) is 17.8. The zero-order valence-electron chi connectivity index (χ0n) is 14.8. The smallest absolute Gasteiger partial charge is 0.114 e. The highest BCUT2D eigenvalue weighted by Crippen LogP contribution is 2.21. The summed E-state index contributed by atoms with van der Waals surface area (Å²) in [6.45, 7) is 4.88. The lowest BCUT2D eigenvalue weighted by molar-refractivity contribution is -0.168. The number of hydrogen-bond acceptors (Lipinski definition) is 9. The number of hydrogen-bond donors (Lipinski definition) is 1. The van der Waals surface area contributed by atoms with Crippen LogP contribution in [0.2, 0.25) is 0 Å². The Balaban J connectivity index is 1.33. The third-order valence-corrected chi connectivity index (χ3v) is 4.58. The highest BCUT2D eigenvalue weighted by Gasteiger charge is 2.37. The van der Waals surface area contributed by atoms with Crippen molar-refractivity contribution in [2.24, 2.45) is 0 Å². The van der Waals surface area contributed by atoms with Gasteiger partial charge in [-0.15, -0.1) is 0 Å². The fourth-order valence-electron chi connectivity index (χ4n) is 2.60. The third-order valence-electron chi connectivity index (χ3n) is 4.58. The highest BCUT2D eigenvalue weighted by atomic mass is 16.6. The van der Waals surface area contributed by atoms with Crippen LogP contribution in [0.3, 0.4) is 0 Å². The molecule has 0 aliphatic carbocycles. The predicted molar refractivity (Wildman–Crippen MR) is 86.1 cm³/mol. The minimum absolute atomic E-state index is 0.108. The van der Waals surface area contributed by atoms with Crippen LogP contribution in [0, 0.1) is 0 Å². The summed E-state index contributed by atoms with van der Waals surface area (Å²) >= 11 is 0. The van der Waals surface area contributed by atoms with Crippen molar-refractivity contribution in [3.63, 3.8) is 0 Å². The van der Waals surface area contributed by atoms with Gasteiger partial charge in [0.25, 0.3) is 0 Å². The first-order valence-electron chi connectivity index (χ1n) is 9.31. The molecule has 7 atom stereocenters. The molecule has 0 saturated carbocycles. The van der Waals surface area contributed by atoms with Gasteiger partial charge in [0, 0.05) is 0 Å². The Kier molecular flexibility index (Phi) is 6.73. The maximum absolute atomic E-state index is 9.85. The maximum Gasteiger partial charge on any atom is 0.114 e. The topological polar surface area (TPSA) is 107 Å². The van der Waals surface area contributed by atoms with Crippen molar-refractivity contribution in [2.45, 2.75) is 42.7 Å². The number of aliphatic hydroxyl groups is 1. The molecule has 4 heterocycles. The quantitative estimate of drug-likeness (QED) is 0.331. The summed E-state index contributed by atoms with van der Waals surface area (Å²) in [4.78, 5) is 0. The fraction of sp³-hybridized carbons (Fsp3) is 1.00. The second-order valence-electron chi connectivity index (χ2n) is 7.08. The van der Waals surface area contributed by atoms with Crippen molar-refractivity contribution in [1.82, 2.24) is 0 Å². The molecule has 4 aliphatic heterocycles. The molecule has 4 rings (SSSR count). The first kappa shape index (κ1) is 19.0. The van der Waals surface area contributed by atoms with Gasteiger partial charge in [0.1, 0.15) is 42.7 Å². The third kappa shape index (κ3) is 6.66. The van der Waals surface area contributed by atoms with E-state index in [2.05, 4.69) is 0 Å². The lowest BCUT2D eigenvalue weighted by Crippen LogP contribution is -2.48. The fourth-order valence-corrected chi connectivity index (χ4v) is 2.60. The van der Waals surface area contributed by atoms with Crippen LogP contribution in [0.4, 0.5) is 0 Å². The summed E-state index contributed by atoms with van der Waals surface area (Å²) < 4.78 is 44.4. The second kappa shape index (κ2) is 9.22. The summed E-state index contributed by atoms with van der Waals surface area (Å²) in [5, 5.41) is 9.85. The Bertz CT molecular complexity index is 420. The molecule has 0 spiro atoms. The molecule has 0 radical (unpaired) electrons. The molecule has 26 heavy (non-hydrogen) atoms. The van der Waals surface area contributed by atoms with Crippen molar-refractivity contribution in [3.05, 3.63) is 0 Å². The van der Waals surface area contributed by atoms with Gasteiger partial charge in [-0.05, 0) is 0 Å². The Morgan fingerprint density at radius 3 is 1.65 bits per heavy atom. The monoisotopic (exact) mass is 376 g/mol. The Morgan fingerprint density at radius 2 is 1.15 bits per heavy atom. The number of ether oxygens (including phenoxy) is 8. The highest BCUT2D eigenvalue weighted by molar-refractivity contribution is 4.84. The predicted octanol–water partition coefficient (Wildman–Crippen LogP) is -1.25. The molecule has 150 valence electrons. The van der Waals surface area contributed by atoms with Crippen LogP contribution >= 0.6 is 0 Å². The Morgan fingerprint density at radius 1 is 0.692 bits per heavy atom. The van der Waals surface area contributed by atoms with Crippen molar-refractivity contribution in [2.75, 3.05) is 66.1 Å². The molecule has 0 amide bonds. The molecular formula is C17H28O9. The number of epoxide rings is 4. The van der Waals surface area contributed by atoms with Gasteiger partial charge in [-0.25, -0.2) is 0 Å². The van der Waals surface area contributed by atoms with Crippen LogP contribution in [0.15, 0.2) is 0 Å². The van der Waals surface area contributed by atoms with Crippen LogP contribution in [0.5, 0.6) is 0 Å². The number of aliphatic hydroxyl groups excluding tert-OH is 1. The van der Waals surface area contributed by atoms with Crippen molar-refractivity contribution >= 4 is 0 Å². The van der Waals surface area contributed by atoms with E-state index in [0.29, 0.717) is 52.9 Å². The summed E-state index contributed by atoms with van der Waals surface area (Å²) in [5.41, 5.74) is 0. The van der Waals surface area contributed by atoms with Gasteiger partial charge in [0.15, 0.2) is 0 Å². The molecule has 0 bridgehead atoms. The van der Waals surface area contributed by atoms with E-state index in [1.807, 2.05) is 0 Å². The van der Waals surface area contributed by atoms with Gasteiger partial charge in [-0.1, -0.05) is 0 Å². The normalized spacial score (nSPS) is 35.0. The standard InChI is InChI=1S/C17H28O9/c18-1-15(24-7-12-4-21-12)17(26-9-14-6-23-14)16(25-8-13-5-22-13)10-19-2-11-3-20-11/h11-18H,1-10H2/t11?,12?,13?,14?,15-,16+,17+/m0/s1. The van der Waals surface area contributed by atoms with Crippen LogP contribution in [0.1, 0.15) is 0 Å². The SMILES string of the molecule is OC[C@H](OCC1CO1)[C@@H](OCC1CO1)[C@@H](COCC1CO1)OCC1CO1. The van der Waals surface area contributed by atoms with E-state index in [1.54, 1.807) is 0 Å². The van der Waals surface area contributed by atoms with Crippen LogP contribution in [-0.4, -0.2) is 114 Å². The Labute approximate surface area is 152 Å². The van der Waals surface area contributed by atoms with E-state index in [0.717, 1.165) is 6.61 Å². The van der Waals surface area contributed by atoms with E-state index >= 15 is 0 Å². The van der Waals surface area contributed by atoms with E-state index in [1.165, 1.54) is 0 Å². The van der Waals surface area contributed by atoms with Crippen molar-refractivity contribution < 1.29 is 43.0 Å². The van der Waals surface area contributed by atoms with E-state index < -0.39 is 12.2 Å². The minimum Gasteiger partial charge on any atom is -0.394 e. The van der Waals surface area contributed by atoms with Gasteiger partial charge in [0.05, 0.1) is 66.1 Å². The first-order chi connectivity index (χ1) is 12.8. The lowest BCUT2D eigenvalue weighted by Gasteiger charge is -2.32. The Hall–Kier alpha value is -0.360. The number of rotatable bonds is 16. The largest absolute Gasteiger partial charge is 0.394 e. The minimum atomic E-state index is -0.524. The molecule has 4 fully saturated rings. The zero-order valence-corrected chi connectivity index (χ0v) is 14.8. The molecule has 0 aromatic rings. The average Bonchev–Trinajstić information content (AvgIpc) is 3.47. The van der Waals surface area contributed by atoms with Gasteiger partial charge in [-0.2, -0.15) is 0 Å². The molecule has 0 aromatic carbocycles. The molecule has 9 heteroatoms. The van der Waals surface area contributed by atoms with E-state index in [9.17, 15) is 5.11 Å². The molecular weight excluding hydrogens is 348 g/mol.